The Morgan fingerprint density at radius 2 is 1.61 bits per heavy atom. The monoisotopic (exact) mass is 446 g/mol. The Morgan fingerprint density at radius 1 is 0.968 bits per heavy atom. The maximum absolute atomic E-state index is 14.5. The summed E-state index contributed by atoms with van der Waals surface area (Å²) in [5, 5.41) is 0. The van der Waals surface area contributed by atoms with Crippen molar-refractivity contribution in [3.05, 3.63) is 53.2 Å². The molecule has 1 heterocycles. The standard InChI is InChI=1S/C25H36F2N2OSi/c1-15(2)31(16(3)4,17(5)6)30-23-12-8-11-21(28)18-13-14-22(29-25(18)23)19-9-7-10-20(26)24(19)27/h7,9-10,13-17,21,23H,8,11-12,28H2,1-6H3. The molecule has 2 aromatic rings. The minimum absolute atomic E-state index is 0.129. The van der Waals surface area contributed by atoms with Crippen molar-refractivity contribution in [2.24, 2.45) is 5.73 Å². The summed E-state index contributed by atoms with van der Waals surface area (Å²) >= 11 is 0. The molecule has 0 spiro atoms. The molecule has 2 unspecified atom stereocenters. The van der Waals surface area contributed by atoms with E-state index in [4.69, 9.17) is 15.1 Å². The lowest BCUT2D eigenvalue weighted by atomic mass is 10.0. The van der Waals surface area contributed by atoms with E-state index in [0.29, 0.717) is 22.3 Å². The highest BCUT2D eigenvalue weighted by atomic mass is 28.4. The van der Waals surface area contributed by atoms with Crippen molar-refractivity contribution in [3.8, 4) is 11.3 Å². The van der Waals surface area contributed by atoms with Gasteiger partial charge in [0.05, 0.1) is 17.5 Å². The predicted octanol–water partition coefficient (Wildman–Crippen LogP) is 7.44. The van der Waals surface area contributed by atoms with Crippen molar-refractivity contribution in [1.82, 2.24) is 4.98 Å². The fraction of sp³-hybridized carbons (Fsp3) is 0.560. The molecule has 0 saturated carbocycles. The van der Waals surface area contributed by atoms with Gasteiger partial charge in [0.25, 0.3) is 0 Å². The van der Waals surface area contributed by atoms with E-state index in [9.17, 15) is 8.78 Å². The highest BCUT2D eigenvalue weighted by molar-refractivity contribution is 6.77. The zero-order chi connectivity index (χ0) is 22.9. The Bertz CT molecular complexity index is 895. The molecule has 31 heavy (non-hydrogen) atoms. The number of benzene rings is 1. The number of fused-ring (bicyclic) bond motifs is 1. The summed E-state index contributed by atoms with van der Waals surface area (Å²) in [5.41, 5.74) is 10.1. The molecule has 0 aliphatic heterocycles. The lowest BCUT2D eigenvalue weighted by molar-refractivity contribution is 0.161. The van der Waals surface area contributed by atoms with Gasteiger partial charge >= 0.3 is 0 Å². The van der Waals surface area contributed by atoms with Crippen molar-refractivity contribution >= 4 is 8.32 Å². The van der Waals surface area contributed by atoms with Crippen molar-refractivity contribution in [2.75, 3.05) is 0 Å². The minimum Gasteiger partial charge on any atom is -0.408 e. The van der Waals surface area contributed by atoms with E-state index >= 15 is 0 Å². The Labute approximate surface area is 186 Å². The van der Waals surface area contributed by atoms with E-state index in [1.807, 2.05) is 6.07 Å². The van der Waals surface area contributed by atoms with Gasteiger partial charge in [0, 0.05) is 11.6 Å². The van der Waals surface area contributed by atoms with E-state index in [1.54, 1.807) is 12.1 Å². The number of pyridine rings is 1. The van der Waals surface area contributed by atoms with Gasteiger partial charge in [-0.15, -0.1) is 0 Å². The van der Waals surface area contributed by atoms with Gasteiger partial charge in [-0.05, 0) is 59.6 Å². The molecule has 1 aliphatic carbocycles. The van der Waals surface area contributed by atoms with E-state index in [1.165, 1.54) is 6.07 Å². The molecule has 0 fully saturated rings. The van der Waals surface area contributed by atoms with Crippen LogP contribution in [0.5, 0.6) is 0 Å². The molecular weight excluding hydrogens is 410 g/mol. The molecule has 0 amide bonds. The normalized spacial score (nSPS) is 19.7. The molecule has 3 nitrogen and oxygen atoms in total. The van der Waals surface area contributed by atoms with Crippen molar-refractivity contribution in [1.29, 1.82) is 0 Å². The molecule has 0 bridgehead atoms. The van der Waals surface area contributed by atoms with Crippen LogP contribution in [0.3, 0.4) is 0 Å². The fourth-order valence-corrected chi connectivity index (χ4v) is 11.0. The summed E-state index contributed by atoms with van der Waals surface area (Å²) in [7, 11) is -2.16. The first-order chi connectivity index (χ1) is 14.6. The van der Waals surface area contributed by atoms with E-state index in [-0.39, 0.29) is 17.7 Å². The maximum atomic E-state index is 14.5. The smallest absolute Gasteiger partial charge is 0.201 e. The molecule has 2 atom stereocenters. The van der Waals surface area contributed by atoms with E-state index < -0.39 is 20.0 Å². The van der Waals surface area contributed by atoms with Crippen LogP contribution in [0.2, 0.25) is 16.6 Å². The van der Waals surface area contributed by atoms with Crippen molar-refractivity contribution < 1.29 is 13.2 Å². The second-order valence-corrected chi connectivity index (χ2v) is 15.1. The van der Waals surface area contributed by atoms with Crippen molar-refractivity contribution in [2.45, 2.75) is 89.6 Å². The van der Waals surface area contributed by atoms with E-state index in [0.717, 1.165) is 36.6 Å². The molecule has 1 aromatic carbocycles. The molecule has 6 heteroatoms. The third-order valence-corrected chi connectivity index (χ3v) is 13.0. The van der Waals surface area contributed by atoms with Crippen LogP contribution in [0.1, 0.15) is 84.2 Å². The summed E-state index contributed by atoms with van der Waals surface area (Å²) in [6.45, 7) is 13.6. The summed E-state index contributed by atoms with van der Waals surface area (Å²) in [6, 6.07) is 7.74. The van der Waals surface area contributed by atoms with Gasteiger partial charge in [0.15, 0.2) is 11.6 Å². The first kappa shape index (κ1) is 24.0. The van der Waals surface area contributed by atoms with Crippen LogP contribution in [0.4, 0.5) is 8.78 Å². The molecule has 0 saturated heterocycles. The van der Waals surface area contributed by atoms with Gasteiger partial charge in [0.1, 0.15) is 0 Å². The molecule has 1 aliphatic rings. The largest absolute Gasteiger partial charge is 0.408 e. The van der Waals surface area contributed by atoms with Crippen molar-refractivity contribution in [3.63, 3.8) is 0 Å². The maximum Gasteiger partial charge on any atom is 0.201 e. The molecule has 0 radical (unpaired) electrons. The third-order valence-electron chi connectivity index (χ3n) is 6.92. The van der Waals surface area contributed by atoms with Crippen LogP contribution in [-0.2, 0) is 4.43 Å². The van der Waals surface area contributed by atoms with Gasteiger partial charge in [-0.3, -0.25) is 0 Å². The zero-order valence-corrected chi connectivity index (χ0v) is 20.6. The minimum atomic E-state index is -2.16. The average molecular weight is 447 g/mol. The van der Waals surface area contributed by atoms with Crippen LogP contribution in [0, 0.1) is 11.6 Å². The van der Waals surface area contributed by atoms with Gasteiger partial charge in [-0.25, -0.2) is 13.8 Å². The second-order valence-electron chi connectivity index (χ2n) is 9.73. The van der Waals surface area contributed by atoms with Crippen LogP contribution in [-0.4, -0.2) is 13.3 Å². The SMILES string of the molecule is CC(C)[Si](OC1CCCC(N)c2ccc(-c3cccc(F)c3F)nc21)(C(C)C)C(C)C. The van der Waals surface area contributed by atoms with Gasteiger partial charge in [-0.1, -0.05) is 53.7 Å². The number of nitrogens with two attached hydrogens (primary N) is 1. The quantitative estimate of drug-likeness (QED) is 0.370. The lowest BCUT2D eigenvalue weighted by Gasteiger charge is -2.44. The lowest BCUT2D eigenvalue weighted by Crippen LogP contribution is -2.48. The molecule has 2 N–H and O–H groups in total. The average Bonchev–Trinajstić information content (AvgIpc) is 2.85. The molecule has 3 rings (SSSR count). The first-order valence-electron chi connectivity index (χ1n) is 11.5. The Morgan fingerprint density at radius 3 is 2.23 bits per heavy atom. The van der Waals surface area contributed by atoms with Gasteiger partial charge < -0.3 is 10.2 Å². The Balaban J connectivity index is 2.13. The predicted molar refractivity (Wildman–Crippen MR) is 125 cm³/mol. The fourth-order valence-electron chi connectivity index (χ4n) is 5.49. The topological polar surface area (TPSA) is 48.1 Å². The number of nitrogens with zero attached hydrogens (tertiary/aromatic N) is 1. The van der Waals surface area contributed by atoms with Crippen LogP contribution in [0.25, 0.3) is 11.3 Å². The van der Waals surface area contributed by atoms with Crippen LogP contribution in [0.15, 0.2) is 30.3 Å². The molecular formula is C25H36F2N2OSi. The van der Waals surface area contributed by atoms with Crippen LogP contribution >= 0.6 is 0 Å². The first-order valence-corrected chi connectivity index (χ1v) is 13.6. The number of hydrogen-bond donors (Lipinski definition) is 1. The van der Waals surface area contributed by atoms with Crippen LogP contribution < -0.4 is 5.73 Å². The molecule has 170 valence electrons. The highest BCUT2D eigenvalue weighted by Gasteiger charge is 2.47. The summed E-state index contributed by atoms with van der Waals surface area (Å²) in [4.78, 5) is 4.85. The van der Waals surface area contributed by atoms with Gasteiger partial charge in [0.2, 0.25) is 8.32 Å². The number of aromatic nitrogens is 1. The third kappa shape index (κ3) is 4.48. The highest BCUT2D eigenvalue weighted by Crippen LogP contribution is 2.47. The summed E-state index contributed by atoms with van der Waals surface area (Å²) in [5.74, 6) is -1.75. The number of rotatable bonds is 6. The van der Waals surface area contributed by atoms with E-state index in [2.05, 4.69) is 41.5 Å². The zero-order valence-electron chi connectivity index (χ0n) is 19.6. The Hall–Kier alpha value is -1.63. The second kappa shape index (κ2) is 9.47. The summed E-state index contributed by atoms with van der Waals surface area (Å²) < 4.78 is 35.5. The number of halogens is 2. The Kier molecular flexibility index (Phi) is 7.34. The van der Waals surface area contributed by atoms with Gasteiger partial charge in [-0.2, -0.15) is 0 Å². The summed E-state index contributed by atoms with van der Waals surface area (Å²) in [6.07, 6.45) is 2.47. The molecule has 1 aromatic heterocycles. The number of hydrogen-bond acceptors (Lipinski definition) is 3.